The Morgan fingerprint density at radius 3 is 2.30 bits per heavy atom. The number of hydrogen-bond acceptors (Lipinski definition) is 5. The van der Waals surface area contributed by atoms with E-state index in [0.29, 0.717) is 34.2 Å². The minimum atomic E-state index is -4.40. The lowest BCUT2D eigenvalue weighted by molar-refractivity contribution is -0.137. The van der Waals surface area contributed by atoms with Gasteiger partial charge in [-0.1, -0.05) is 49.0 Å². The van der Waals surface area contributed by atoms with Crippen molar-refractivity contribution in [1.29, 1.82) is 5.41 Å². The molecule has 0 saturated carbocycles. The van der Waals surface area contributed by atoms with Gasteiger partial charge in [-0.25, -0.2) is 9.37 Å². The number of hydrogen-bond donors (Lipinski definition) is 1. The van der Waals surface area contributed by atoms with Crippen molar-refractivity contribution in [3.05, 3.63) is 107 Å². The molecule has 2 heterocycles. The third-order valence-corrected chi connectivity index (χ3v) is 7.28. The van der Waals surface area contributed by atoms with Crippen LogP contribution in [0.3, 0.4) is 0 Å². The summed E-state index contributed by atoms with van der Waals surface area (Å²) in [5.41, 5.74) is 2.88. The van der Waals surface area contributed by atoms with E-state index in [1.54, 1.807) is 53.2 Å². The Hall–Kier alpha value is -3.99. The molecule has 0 aliphatic rings. The number of nitrogens with one attached hydrogen (secondary N) is 1. The summed E-state index contributed by atoms with van der Waals surface area (Å²) in [6.45, 7) is 2.21. The molecule has 4 aromatic rings. The first-order valence-corrected chi connectivity index (χ1v) is 13.4. The number of nitrogens with zero attached hydrogens (tertiary/aromatic N) is 4. The highest BCUT2D eigenvalue weighted by atomic mass is 32.2. The van der Waals surface area contributed by atoms with Gasteiger partial charge in [0.2, 0.25) is 5.91 Å². The third kappa shape index (κ3) is 7.35. The molecule has 1 N–H and O–H groups in total. The van der Waals surface area contributed by atoms with Crippen molar-refractivity contribution >= 4 is 17.7 Å². The largest absolute Gasteiger partial charge is 0.416 e. The van der Waals surface area contributed by atoms with Crippen LogP contribution in [0.25, 0.3) is 11.3 Å². The average molecular weight is 570 g/mol. The monoisotopic (exact) mass is 569 g/mol. The zero-order valence-electron chi connectivity index (χ0n) is 21.9. The quantitative estimate of drug-likeness (QED) is 0.150. The normalized spacial score (nSPS) is 11.4. The minimum absolute atomic E-state index is 0.0135. The van der Waals surface area contributed by atoms with Gasteiger partial charge >= 0.3 is 6.18 Å². The third-order valence-electron chi connectivity index (χ3n) is 6.21. The predicted molar refractivity (Wildman–Crippen MR) is 145 cm³/mol. The van der Waals surface area contributed by atoms with Crippen LogP contribution >= 0.6 is 11.8 Å². The molecule has 0 unspecified atom stereocenters. The van der Waals surface area contributed by atoms with E-state index in [0.717, 1.165) is 23.3 Å². The van der Waals surface area contributed by atoms with E-state index in [4.69, 9.17) is 5.41 Å². The number of thioether (sulfide) groups is 1. The summed E-state index contributed by atoms with van der Waals surface area (Å²) in [6, 6.07) is 14.4. The van der Waals surface area contributed by atoms with E-state index in [2.05, 4.69) is 9.97 Å². The lowest BCUT2D eigenvalue weighted by Crippen LogP contribution is -2.31. The number of pyridine rings is 1. The molecule has 0 radical (unpaired) electrons. The lowest BCUT2D eigenvalue weighted by Gasteiger charge is -2.20. The van der Waals surface area contributed by atoms with Gasteiger partial charge < -0.3 is 9.47 Å². The second-order valence-corrected chi connectivity index (χ2v) is 10.1. The summed E-state index contributed by atoms with van der Waals surface area (Å²) in [6.07, 6.45) is -0.436. The second-order valence-electron chi connectivity index (χ2n) is 9.17. The first kappa shape index (κ1) is 29.0. The van der Waals surface area contributed by atoms with E-state index in [9.17, 15) is 22.4 Å². The van der Waals surface area contributed by atoms with Crippen LogP contribution in [0, 0.1) is 11.2 Å². The Labute approximate surface area is 233 Å². The van der Waals surface area contributed by atoms with Crippen LogP contribution in [-0.2, 0) is 36.2 Å². The number of aromatic nitrogens is 3. The molecule has 0 atom stereocenters. The molecule has 208 valence electrons. The van der Waals surface area contributed by atoms with E-state index < -0.39 is 11.7 Å². The number of aryl methyl sites for hydroxylation is 1. The van der Waals surface area contributed by atoms with Crippen LogP contribution in [0.1, 0.15) is 29.2 Å². The van der Waals surface area contributed by atoms with Crippen molar-refractivity contribution in [3.8, 4) is 11.3 Å². The standard InChI is InChI=1S/C29H27F4N5OS/c1-3-21-16-38(28(36-27(21)34)40-18-19-4-11-24(30)12-5-19)17-26(39)37(2)15-20-6-13-25(35-14-20)22-7-9-23(10-8-22)29(31,32)33/h4-14,16,34H,3,15,17-18H2,1-2H3. The van der Waals surface area contributed by atoms with E-state index in [1.165, 1.54) is 36.0 Å². The van der Waals surface area contributed by atoms with Crippen LogP contribution in [0.2, 0.25) is 0 Å². The fourth-order valence-electron chi connectivity index (χ4n) is 3.90. The van der Waals surface area contributed by atoms with Crippen LogP contribution in [0.15, 0.2) is 78.2 Å². The summed E-state index contributed by atoms with van der Waals surface area (Å²) in [7, 11) is 1.67. The van der Waals surface area contributed by atoms with Gasteiger partial charge in [0.05, 0.1) is 11.3 Å². The topological polar surface area (TPSA) is 74.9 Å². The van der Waals surface area contributed by atoms with E-state index >= 15 is 0 Å². The molecule has 4 rings (SSSR count). The summed E-state index contributed by atoms with van der Waals surface area (Å²) in [5, 5.41) is 8.72. The summed E-state index contributed by atoms with van der Waals surface area (Å²) in [5.74, 6) is 0.00175. The lowest BCUT2D eigenvalue weighted by atomic mass is 10.1. The predicted octanol–water partition coefficient (Wildman–Crippen LogP) is 6.10. The Morgan fingerprint density at radius 2 is 1.70 bits per heavy atom. The van der Waals surface area contributed by atoms with Crippen LogP contribution in [0.4, 0.5) is 17.6 Å². The number of halogens is 4. The number of likely N-dealkylation sites (N-methyl/N-ethyl adjacent to an activating group) is 1. The molecule has 1 amide bonds. The molecule has 0 bridgehead atoms. The van der Waals surface area contributed by atoms with E-state index in [-0.39, 0.29) is 30.3 Å². The molecule has 0 aliphatic heterocycles. The molecule has 40 heavy (non-hydrogen) atoms. The Bertz CT molecular complexity index is 1520. The molecule has 0 saturated heterocycles. The number of carbonyl (C=O) groups is 1. The number of carbonyl (C=O) groups excluding carboxylic acids is 1. The Morgan fingerprint density at radius 1 is 1.02 bits per heavy atom. The van der Waals surface area contributed by atoms with Gasteiger partial charge in [-0.15, -0.1) is 0 Å². The first-order valence-electron chi connectivity index (χ1n) is 12.4. The molecule has 11 heteroatoms. The van der Waals surface area contributed by atoms with Gasteiger partial charge in [0, 0.05) is 42.9 Å². The molecule has 0 fully saturated rings. The summed E-state index contributed by atoms with van der Waals surface area (Å²) >= 11 is 1.36. The van der Waals surface area contributed by atoms with Crippen molar-refractivity contribution in [1.82, 2.24) is 19.4 Å². The van der Waals surface area contributed by atoms with Crippen molar-refractivity contribution in [2.75, 3.05) is 7.05 Å². The molecule has 2 aromatic heterocycles. The van der Waals surface area contributed by atoms with Gasteiger partial charge in [0.1, 0.15) is 12.4 Å². The highest BCUT2D eigenvalue weighted by molar-refractivity contribution is 7.98. The zero-order valence-corrected chi connectivity index (χ0v) is 22.7. The highest BCUT2D eigenvalue weighted by Gasteiger charge is 2.30. The molecule has 0 aliphatic carbocycles. The number of rotatable bonds is 9. The average Bonchev–Trinajstić information content (AvgIpc) is 2.93. The number of benzene rings is 2. The van der Waals surface area contributed by atoms with Gasteiger partial charge in [0.15, 0.2) is 10.6 Å². The van der Waals surface area contributed by atoms with Crippen molar-refractivity contribution in [3.63, 3.8) is 0 Å². The van der Waals surface area contributed by atoms with E-state index in [1.807, 2.05) is 6.92 Å². The van der Waals surface area contributed by atoms with Crippen molar-refractivity contribution in [2.45, 2.75) is 43.5 Å². The molecule has 6 nitrogen and oxygen atoms in total. The minimum Gasteiger partial charge on any atom is -0.340 e. The SMILES string of the molecule is CCc1cn(CC(=O)N(C)Cc2ccc(-c3ccc(C(F)(F)F)cc3)nc2)c(SCc2ccc(F)cc2)nc1=N. The molecular formula is C29H27F4N5OS. The first-order chi connectivity index (χ1) is 19.0. The number of alkyl halides is 3. The van der Waals surface area contributed by atoms with Gasteiger partial charge in [-0.3, -0.25) is 15.2 Å². The smallest absolute Gasteiger partial charge is 0.340 e. The summed E-state index contributed by atoms with van der Waals surface area (Å²) in [4.78, 5) is 23.5. The fraction of sp³-hybridized carbons (Fsp3) is 0.241. The van der Waals surface area contributed by atoms with Gasteiger partial charge in [-0.05, 0) is 47.9 Å². The van der Waals surface area contributed by atoms with Gasteiger partial charge in [0.25, 0.3) is 0 Å². The van der Waals surface area contributed by atoms with Crippen molar-refractivity contribution in [2.24, 2.45) is 0 Å². The van der Waals surface area contributed by atoms with Crippen LogP contribution < -0.4 is 5.49 Å². The van der Waals surface area contributed by atoms with Crippen molar-refractivity contribution < 1.29 is 22.4 Å². The maximum absolute atomic E-state index is 13.2. The maximum atomic E-state index is 13.2. The fourth-order valence-corrected chi connectivity index (χ4v) is 4.83. The highest BCUT2D eigenvalue weighted by Crippen LogP contribution is 2.30. The number of amides is 1. The second kappa shape index (κ2) is 12.5. The molecular weight excluding hydrogens is 542 g/mol. The van der Waals surface area contributed by atoms with Crippen LogP contribution in [0.5, 0.6) is 0 Å². The summed E-state index contributed by atoms with van der Waals surface area (Å²) < 4.78 is 53.4. The Balaban J connectivity index is 1.43. The zero-order chi connectivity index (χ0) is 28.9. The van der Waals surface area contributed by atoms with Gasteiger partial charge in [-0.2, -0.15) is 13.2 Å². The maximum Gasteiger partial charge on any atom is 0.416 e. The van der Waals surface area contributed by atoms with Crippen LogP contribution in [-0.4, -0.2) is 32.4 Å². The molecule has 2 aromatic carbocycles. The molecule has 0 spiro atoms. The Kier molecular flexibility index (Phi) is 9.03.